The third kappa shape index (κ3) is 2.64. The van der Waals surface area contributed by atoms with Crippen LogP contribution in [-0.2, 0) is 14.3 Å². The largest absolute Gasteiger partial charge is 0.493 e. The second kappa shape index (κ2) is 7.04. The van der Waals surface area contributed by atoms with Crippen LogP contribution in [-0.4, -0.2) is 51.1 Å². The van der Waals surface area contributed by atoms with Gasteiger partial charge in [0.2, 0.25) is 5.75 Å². The van der Waals surface area contributed by atoms with Crippen LogP contribution in [0.5, 0.6) is 17.2 Å². The quantitative estimate of drug-likeness (QED) is 0.791. The molecule has 1 aromatic carbocycles. The van der Waals surface area contributed by atoms with Crippen LogP contribution < -0.4 is 14.2 Å². The highest BCUT2D eigenvalue weighted by atomic mass is 16.5. The predicted octanol–water partition coefficient (Wildman–Crippen LogP) is 2.64. The number of rotatable bonds is 4. The van der Waals surface area contributed by atoms with Gasteiger partial charge in [0, 0.05) is 7.05 Å². The molecule has 2 aliphatic heterocycles. The van der Waals surface area contributed by atoms with Gasteiger partial charge in [0.05, 0.1) is 38.9 Å². The minimum Gasteiger partial charge on any atom is -0.493 e. The van der Waals surface area contributed by atoms with Gasteiger partial charge in [-0.25, -0.2) is 0 Å². The molecule has 7 heteroatoms. The molecule has 3 aliphatic rings. The van der Waals surface area contributed by atoms with E-state index in [0.717, 1.165) is 31.2 Å². The summed E-state index contributed by atoms with van der Waals surface area (Å²) in [7, 11) is 6.30. The van der Waals surface area contributed by atoms with Gasteiger partial charge in [0.25, 0.3) is 5.91 Å². The minimum absolute atomic E-state index is 0.0300. The van der Waals surface area contributed by atoms with Crippen LogP contribution in [0.25, 0.3) is 0 Å². The lowest BCUT2D eigenvalue weighted by Crippen LogP contribution is -2.39. The highest BCUT2D eigenvalue weighted by Gasteiger charge is 2.51. The molecule has 1 saturated carbocycles. The van der Waals surface area contributed by atoms with Crippen LogP contribution in [0.2, 0.25) is 0 Å². The molecule has 0 aromatic heterocycles. The maximum Gasteiger partial charge on any atom is 0.289 e. The van der Waals surface area contributed by atoms with Gasteiger partial charge in [-0.05, 0) is 37.0 Å². The molecule has 0 bridgehead atoms. The molecule has 3 unspecified atom stereocenters. The number of carbonyl (C=O) groups excluding carboxylic acids is 2. The van der Waals surface area contributed by atoms with E-state index in [9.17, 15) is 9.59 Å². The number of amides is 1. The van der Waals surface area contributed by atoms with Gasteiger partial charge < -0.3 is 23.8 Å². The third-order valence-corrected chi connectivity index (χ3v) is 6.00. The standard InChI is InChI=1S/C21H25NO6/c1-22-17(11-9-14(25-2)19(27-4)15(10-11)26-3)16-18(23)12-7-5-6-8-13(12)28-20(16)21(22)24/h9-10,12-13,17H,5-8H2,1-4H3. The summed E-state index contributed by atoms with van der Waals surface area (Å²) >= 11 is 0. The zero-order valence-electron chi connectivity index (χ0n) is 16.6. The number of likely N-dealkylation sites (N-methyl/N-ethyl adjacent to an activating group) is 1. The Morgan fingerprint density at radius 3 is 2.25 bits per heavy atom. The van der Waals surface area contributed by atoms with E-state index in [4.69, 9.17) is 18.9 Å². The number of fused-ring (bicyclic) bond motifs is 1. The number of nitrogens with zero attached hydrogens (tertiary/aromatic N) is 1. The van der Waals surface area contributed by atoms with Gasteiger partial charge >= 0.3 is 0 Å². The first-order chi connectivity index (χ1) is 13.5. The molecule has 7 nitrogen and oxygen atoms in total. The molecule has 0 spiro atoms. The first-order valence-corrected chi connectivity index (χ1v) is 9.53. The lowest BCUT2D eigenvalue weighted by atomic mass is 9.77. The molecule has 0 saturated heterocycles. The number of Topliss-reactive ketones (excluding diaryl/α,β-unsaturated/α-hetero) is 1. The SMILES string of the molecule is COc1cc(C2C3=C(OC4CCCCC4C3=O)C(=O)N2C)cc(OC)c1OC. The van der Waals surface area contributed by atoms with Gasteiger partial charge in [-0.3, -0.25) is 9.59 Å². The summed E-state index contributed by atoms with van der Waals surface area (Å²) < 4.78 is 22.3. The fourth-order valence-corrected chi connectivity index (χ4v) is 4.61. The number of ether oxygens (including phenoxy) is 4. The Hall–Kier alpha value is -2.70. The third-order valence-electron chi connectivity index (χ3n) is 6.00. The van der Waals surface area contributed by atoms with Crippen molar-refractivity contribution in [2.24, 2.45) is 5.92 Å². The van der Waals surface area contributed by atoms with Crippen LogP contribution >= 0.6 is 0 Å². The topological polar surface area (TPSA) is 74.3 Å². The number of ketones is 1. The molecule has 0 N–H and O–H groups in total. The molecular weight excluding hydrogens is 362 g/mol. The normalized spacial score (nSPS) is 26.6. The molecule has 1 aliphatic carbocycles. The summed E-state index contributed by atoms with van der Waals surface area (Å²) in [6.07, 6.45) is 3.48. The lowest BCUT2D eigenvalue weighted by Gasteiger charge is -2.35. The Kier molecular flexibility index (Phi) is 4.69. The molecule has 1 fully saturated rings. The number of hydrogen-bond acceptors (Lipinski definition) is 6. The van der Waals surface area contributed by atoms with Crippen LogP contribution in [0.15, 0.2) is 23.5 Å². The van der Waals surface area contributed by atoms with Crippen molar-refractivity contribution >= 4 is 11.7 Å². The average molecular weight is 387 g/mol. The van der Waals surface area contributed by atoms with Gasteiger partial charge in [-0.2, -0.15) is 0 Å². The van der Waals surface area contributed by atoms with Gasteiger partial charge in [-0.15, -0.1) is 0 Å². The minimum atomic E-state index is -0.536. The van der Waals surface area contributed by atoms with Crippen molar-refractivity contribution in [1.82, 2.24) is 4.90 Å². The molecular formula is C21H25NO6. The summed E-state index contributed by atoms with van der Waals surface area (Å²) in [6, 6.07) is 3.03. The van der Waals surface area contributed by atoms with Crippen LogP contribution in [0.3, 0.4) is 0 Å². The number of hydrogen-bond donors (Lipinski definition) is 0. The Balaban J connectivity index is 1.83. The highest BCUT2D eigenvalue weighted by molar-refractivity contribution is 6.11. The molecule has 2 heterocycles. The van der Waals surface area contributed by atoms with E-state index in [-0.39, 0.29) is 29.5 Å². The second-order valence-electron chi connectivity index (χ2n) is 7.43. The van der Waals surface area contributed by atoms with Crippen molar-refractivity contribution in [2.75, 3.05) is 28.4 Å². The molecule has 150 valence electrons. The number of benzene rings is 1. The molecule has 28 heavy (non-hydrogen) atoms. The van der Waals surface area contributed by atoms with Crippen LogP contribution in [0.1, 0.15) is 37.3 Å². The first kappa shape index (κ1) is 18.7. The molecule has 3 atom stereocenters. The van der Waals surface area contributed by atoms with Gasteiger partial charge in [-0.1, -0.05) is 6.42 Å². The van der Waals surface area contributed by atoms with Crippen molar-refractivity contribution in [3.8, 4) is 17.2 Å². The summed E-state index contributed by atoms with van der Waals surface area (Å²) in [5.74, 6) is 1.23. The summed E-state index contributed by atoms with van der Waals surface area (Å²) in [5.41, 5.74) is 1.17. The average Bonchev–Trinajstić information content (AvgIpc) is 2.98. The highest BCUT2D eigenvalue weighted by Crippen LogP contribution is 2.48. The molecule has 4 rings (SSSR count). The van der Waals surface area contributed by atoms with E-state index in [0.29, 0.717) is 22.8 Å². The van der Waals surface area contributed by atoms with E-state index >= 15 is 0 Å². The lowest BCUT2D eigenvalue weighted by molar-refractivity contribution is -0.134. The fraction of sp³-hybridized carbons (Fsp3) is 0.524. The summed E-state index contributed by atoms with van der Waals surface area (Å²) in [5, 5.41) is 0. The molecule has 1 amide bonds. The first-order valence-electron chi connectivity index (χ1n) is 9.53. The van der Waals surface area contributed by atoms with E-state index in [1.54, 1.807) is 24.1 Å². The second-order valence-corrected chi connectivity index (χ2v) is 7.43. The van der Waals surface area contributed by atoms with E-state index < -0.39 is 6.04 Å². The van der Waals surface area contributed by atoms with Gasteiger partial charge in [0.1, 0.15) is 6.10 Å². The zero-order chi connectivity index (χ0) is 20.0. The van der Waals surface area contributed by atoms with Crippen molar-refractivity contribution in [3.63, 3.8) is 0 Å². The Bertz CT molecular complexity index is 835. The summed E-state index contributed by atoms with van der Waals surface area (Å²) in [6.45, 7) is 0. The fourth-order valence-electron chi connectivity index (χ4n) is 4.61. The van der Waals surface area contributed by atoms with E-state index in [1.165, 1.54) is 21.3 Å². The van der Waals surface area contributed by atoms with Crippen molar-refractivity contribution in [1.29, 1.82) is 0 Å². The van der Waals surface area contributed by atoms with Crippen molar-refractivity contribution in [3.05, 3.63) is 29.0 Å². The molecule has 0 radical (unpaired) electrons. The maximum atomic E-state index is 13.3. The number of carbonyl (C=O) groups is 2. The zero-order valence-corrected chi connectivity index (χ0v) is 16.6. The van der Waals surface area contributed by atoms with Gasteiger partial charge in [0.15, 0.2) is 23.0 Å². The van der Waals surface area contributed by atoms with Crippen molar-refractivity contribution in [2.45, 2.75) is 37.8 Å². The Morgan fingerprint density at radius 1 is 1.00 bits per heavy atom. The molecule has 1 aromatic rings. The van der Waals surface area contributed by atoms with Crippen LogP contribution in [0, 0.1) is 5.92 Å². The van der Waals surface area contributed by atoms with E-state index in [1.807, 2.05) is 0 Å². The van der Waals surface area contributed by atoms with Crippen molar-refractivity contribution < 1.29 is 28.5 Å². The van der Waals surface area contributed by atoms with E-state index in [2.05, 4.69) is 0 Å². The Morgan fingerprint density at radius 2 is 1.64 bits per heavy atom. The van der Waals surface area contributed by atoms with Crippen LogP contribution in [0.4, 0.5) is 0 Å². The monoisotopic (exact) mass is 387 g/mol. The smallest absolute Gasteiger partial charge is 0.289 e. The summed E-state index contributed by atoms with van der Waals surface area (Å²) in [4.78, 5) is 27.8. The Labute approximate surface area is 164 Å². The predicted molar refractivity (Wildman–Crippen MR) is 100 cm³/mol. The number of methoxy groups -OCH3 is 3. The maximum absolute atomic E-state index is 13.3.